The second kappa shape index (κ2) is 73.0. The third kappa shape index (κ3) is 72.1. The van der Waals surface area contributed by atoms with Gasteiger partial charge in [-0.3, -0.25) is 37.3 Å². The second-order valence-corrected chi connectivity index (χ2v) is 28.8. The van der Waals surface area contributed by atoms with Crippen LogP contribution >= 0.6 is 15.6 Å². The molecule has 5 unspecified atom stereocenters. The van der Waals surface area contributed by atoms with Crippen LogP contribution in [-0.4, -0.2) is 96.7 Å². The van der Waals surface area contributed by atoms with E-state index in [1.165, 1.54) is 38.5 Å². The monoisotopic (exact) mass is 1450 g/mol. The Morgan fingerprint density at radius 3 is 0.800 bits per heavy atom. The molecule has 0 aromatic heterocycles. The number of hydrogen-bond acceptors (Lipinski definition) is 15. The van der Waals surface area contributed by atoms with E-state index in [9.17, 15) is 43.2 Å². The summed E-state index contributed by atoms with van der Waals surface area (Å²) < 4.78 is 68.5. The van der Waals surface area contributed by atoms with Crippen molar-refractivity contribution >= 4 is 39.5 Å². The number of rotatable bonds is 73. The number of aliphatic hydroxyl groups is 1. The largest absolute Gasteiger partial charge is 0.472 e. The topological polar surface area (TPSA) is 237 Å². The predicted octanol–water partition coefficient (Wildman–Crippen LogP) is 22.6. The first-order valence-electron chi connectivity index (χ1n) is 39.1. The molecule has 0 amide bonds. The number of phosphoric ester groups is 2. The molecule has 0 aliphatic heterocycles. The first kappa shape index (κ1) is 95.7. The molecule has 17 nitrogen and oxygen atoms in total. The predicted molar refractivity (Wildman–Crippen MR) is 408 cm³/mol. The molecule has 0 aromatic carbocycles. The lowest BCUT2D eigenvalue weighted by Crippen LogP contribution is -2.30. The lowest BCUT2D eigenvalue weighted by atomic mass is 10.1. The van der Waals surface area contributed by atoms with Crippen molar-refractivity contribution in [3.8, 4) is 0 Å². The van der Waals surface area contributed by atoms with Crippen LogP contribution in [0.5, 0.6) is 0 Å². The number of ether oxygens (including phenoxy) is 4. The van der Waals surface area contributed by atoms with Crippen molar-refractivity contribution in [1.29, 1.82) is 0 Å². The average molecular weight is 1450 g/mol. The Balaban J connectivity index is 5.33. The number of carbonyl (C=O) groups is 4. The third-order valence-electron chi connectivity index (χ3n) is 16.2. The molecule has 0 saturated heterocycles. The zero-order chi connectivity index (χ0) is 73.2. The van der Waals surface area contributed by atoms with Crippen molar-refractivity contribution in [2.45, 2.75) is 341 Å². The van der Waals surface area contributed by atoms with Crippen LogP contribution in [-0.2, 0) is 65.4 Å². The van der Waals surface area contributed by atoms with E-state index in [2.05, 4.69) is 137 Å². The van der Waals surface area contributed by atoms with E-state index in [0.717, 1.165) is 205 Å². The molecule has 0 rings (SSSR count). The van der Waals surface area contributed by atoms with Crippen LogP contribution in [0.2, 0.25) is 0 Å². The zero-order valence-electron chi connectivity index (χ0n) is 62.8. The molecule has 0 aliphatic rings. The highest BCUT2D eigenvalue weighted by atomic mass is 31.2. The van der Waals surface area contributed by atoms with Crippen LogP contribution in [0.3, 0.4) is 0 Å². The lowest BCUT2D eigenvalue weighted by Gasteiger charge is -2.21. The van der Waals surface area contributed by atoms with Gasteiger partial charge in [0.2, 0.25) is 0 Å². The standard InChI is InChI=1S/C81H140O17P2/c1-5-9-13-17-21-25-29-32-35-37-40-42-46-49-53-57-61-65-78(83)91-71-76(97-80(85)67-63-59-55-51-45-28-24-20-16-12-8-4)73-95-99(87,88)93-69-75(82)70-94-100(89,90)96-74-77(98-81(86)68-64-60-56-52-48-44-39-34-31-27-23-19-15-11-7-3)72-92-79(84)66-62-58-54-50-47-43-41-38-36-33-30-26-22-18-14-10-6-2/h9-11,13-15,21-23,25-27,32-36,39,75-77,82H,5-8,12,16-20,24,28-31,37-38,40-74H2,1-4H3,(H,87,88)(H,89,90)/b13-9-,14-10-,15-11-,25-21-,26-22-,27-23-,35-32-,36-33-,39-34-. The van der Waals surface area contributed by atoms with Gasteiger partial charge in [-0.1, -0.05) is 285 Å². The highest BCUT2D eigenvalue weighted by Gasteiger charge is 2.30. The van der Waals surface area contributed by atoms with Crippen molar-refractivity contribution in [1.82, 2.24) is 0 Å². The van der Waals surface area contributed by atoms with Crippen molar-refractivity contribution in [2.24, 2.45) is 0 Å². The van der Waals surface area contributed by atoms with Gasteiger partial charge in [-0.2, -0.15) is 0 Å². The van der Waals surface area contributed by atoms with Crippen LogP contribution in [0.25, 0.3) is 0 Å². The van der Waals surface area contributed by atoms with Gasteiger partial charge < -0.3 is 33.8 Å². The molecule has 0 spiro atoms. The van der Waals surface area contributed by atoms with Crippen LogP contribution in [0.1, 0.15) is 323 Å². The summed E-state index contributed by atoms with van der Waals surface area (Å²) in [5, 5.41) is 10.6. The van der Waals surface area contributed by atoms with Crippen LogP contribution < -0.4 is 0 Å². The molecular formula is C81H140O17P2. The fourth-order valence-corrected chi connectivity index (χ4v) is 12.0. The minimum Gasteiger partial charge on any atom is -0.462 e. The van der Waals surface area contributed by atoms with Crippen molar-refractivity contribution in [3.63, 3.8) is 0 Å². The van der Waals surface area contributed by atoms with E-state index >= 15 is 0 Å². The summed E-state index contributed by atoms with van der Waals surface area (Å²) >= 11 is 0. The Labute approximate surface area is 607 Å². The van der Waals surface area contributed by atoms with E-state index in [0.29, 0.717) is 25.7 Å². The minimum atomic E-state index is -4.98. The summed E-state index contributed by atoms with van der Waals surface area (Å²) in [6, 6.07) is 0. The maximum atomic E-state index is 13.1. The Morgan fingerprint density at radius 2 is 0.520 bits per heavy atom. The van der Waals surface area contributed by atoms with Crippen LogP contribution in [0.4, 0.5) is 0 Å². The summed E-state index contributed by atoms with van der Waals surface area (Å²) in [6.07, 6.45) is 77.8. The second-order valence-electron chi connectivity index (χ2n) is 25.9. The maximum absolute atomic E-state index is 13.1. The highest BCUT2D eigenvalue weighted by molar-refractivity contribution is 7.47. The Kier molecular flexibility index (Phi) is 69.9. The molecule has 0 saturated carbocycles. The normalized spacial score (nSPS) is 14.5. The Morgan fingerprint density at radius 1 is 0.290 bits per heavy atom. The van der Waals surface area contributed by atoms with Crippen LogP contribution in [0, 0.1) is 0 Å². The quantitative estimate of drug-likeness (QED) is 0.0169. The molecule has 0 fully saturated rings. The Bertz CT molecular complexity index is 2320. The van der Waals surface area contributed by atoms with E-state index in [1.807, 2.05) is 0 Å². The molecule has 0 heterocycles. The van der Waals surface area contributed by atoms with Gasteiger partial charge in [0.05, 0.1) is 26.4 Å². The molecule has 0 bridgehead atoms. The fraction of sp³-hybridized carbons (Fsp3) is 0.728. The number of esters is 4. The first-order chi connectivity index (χ1) is 48.7. The van der Waals surface area contributed by atoms with Gasteiger partial charge in [0.15, 0.2) is 12.2 Å². The molecule has 3 N–H and O–H groups in total. The SMILES string of the molecule is CC/C=C\C/C=C\C/C=C\CCCCCCCCCC(=O)OCC(COP(=O)(O)OCC(O)COP(=O)(O)OCC(COC(=O)CCCCCCCCC/C=C\C/C=C\C/C=C\CC)OC(=O)CCCCCCCCCCCCC)OC(=O)CCCCCCC/C=C\C/C=C\C/C=C\CC. The number of phosphoric acid groups is 2. The zero-order valence-corrected chi connectivity index (χ0v) is 64.6. The molecule has 0 aromatic rings. The molecule has 19 heteroatoms. The van der Waals surface area contributed by atoms with Crippen LogP contribution in [0.15, 0.2) is 109 Å². The van der Waals surface area contributed by atoms with Gasteiger partial charge in [-0.15, -0.1) is 0 Å². The number of aliphatic hydroxyl groups excluding tert-OH is 1. The van der Waals surface area contributed by atoms with Gasteiger partial charge in [-0.25, -0.2) is 9.13 Å². The summed E-state index contributed by atoms with van der Waals surface area (Å²) in [5.41, 5.74) is 0. The summed E-state index contributed by atoms with van der Waals surface area (Å²) in [4.78, 5) is 72.9. The number of allylic oxidation sites excluding steroid dienone is 18. The van der Waals surface area contributed by atoms with E-state index in [4.69, 9.17) is 37.0 Å². The maximum Gasteiger partial charge on any atom is 0.472 e. The van der Waals surface area contributed by atoms with Gasteiger partial charge in [0.1, 0.15) is 19.3 Å². The Hall–Kier alpha value is -4.28. The first-order valence-corrected chi connectivity index (χ1v) is 42.1. The highest BCUT2D eigenvalue weighted by Crippen LogP contribution is 2.45. The molecular weight excluding hydrogens is 1310 g/mol. The molecule has 576 valence electrons. The van der Waals surface area contributed by atoms with Gasteiger partial charge in [0, 0.05) is 25.7 Å². The molecule has 5 atom stereocenters. The van der Waals surface area contributed by atoms with Gasteiger partial charge in [0.25, 0.3) is 0 Å². The minimum absolute atomic E-state index is 0.0726. The van der Waals surface area contributed by atoms with E-state index in [1.54, 1.807) is 0 Å². The number of carbonyl (C=O) groups excluding carboxylic acids is 4. The number of unbranched alkanes of at least 4 members (excludes halogenated alkanes) is 29. The van der Waals surface area contributed by atoms with Crippen molar-refractivity contribution < 1.29 is 80.2 Å². The van der Waals surface area contributed by atoms with Crippen molar-refractivity contribution in [2.75, 3.05) is 39.6 Å². The van der Waals surface area contributed by atoms with E-state index < -0.39 is 97.5 Å². The molecule has 0 aliphatic carbocycles. The third-order valence-corrected chi connectivity index (χ3v) is 18.1. The average Bonchev–Trinajstić information content (AvgIpc) is 1.02. The lowest BCUT2D eigenvalue weighted by molar-refractivity contribution is -0.161. The summed E-state index contributed by atoms with van der Waals surface area (Å²) in [5.74, 6) is -2.20. The number of hydrogen-bond donors (Lipinski definition) is 3. The summed E-state index contributed by atoms with van der Waals surface area (Å²) in [6.45, 7) is 4.52. The van der Waals surface area contributed by atoms with Crippen molar-refractivity contribution in [3.05, 3.63) is 109 Å². The van der Waals surface area contributed by atoms with Gasteiger partial charge in [-0.05, 0) is 122 Å². The molecule has 100 heavy (non-hydrogen) atoms. The van der Waals surface area contributed by atoms with E-state index in [-0.39, 0.29) is 25.7 Å². The fourth-order valence-electron chi connectivity index (χ4n) is 10.4. The smallest absolute Gasteiger partial charge is 0.462 e. The van der Waals surface area contributed by atoms with Gasteiger partial charge >= 0.3 is 39.5 Å². The molecule has 0 radical (unpaired) electrons. The summed E-state index contributed by atoms with van der Waals surface area (Å²) in [7, 11) is -9.96.